The Morgan fingerprint density at radius 1 is 1.21 bits per heavy atom. The van der Waals surface area contributed by atoms with Gasteiger partial charge < -0.3 is 0 Å². The molecule has 2 rings (SSSR count). The first-order chi connectivity index (χ1) is 6.59. The van der Waals surface area contributed by atoms with Gasteiger partial charge in [0.05, 0.1) is 0 Å². The Hall–Kier alpha value is -1.18. The lowest BCUT2D eigenvalue weighted by Gasteiger charge is -2.32. The number of carbonyl (C=O) groups excluding carboxylic acids is 2. The predicted octanol–water partition coefficient (Wildman–Crippen LogP) is 2.06. The summed E-state index contributed by atoms with van der Waals surface area (Å²) in [7, 11) is 0. The van der Waals surface area contributed by atoms with Gasteiger partial charge in [-0.05, 0) is 37.8 Å². The van der Waals surface area contributed by atoms with Gasteiger partial charge in [-0.3, -0.25) is 9.59 Å². The first kappa shape index (κ1) is 9.38. The largest absolute Gasteiger partial charge is 0.295 e. The monoisotopic (exact) mass is 190 g/mol. The molecule has 14 heavy (non-hydrogen) atoms. The summed E-state index contributed by atoms with van der Waals surface area (Å²) in [6.07, 6.45) is 5.02. The molecule has 0 unspecified atom stereocenters. The van der Waals surface area contributed by atoms with Crippen LogP contribution in [0.4, 0.5) is 0 Å². The minimum Gasteiger partial charge on any atom is -0.295 e. The maximum absolute atomic E-state index is 11.8. The second kappa shape index (κ2) is 3.19. The molecule has 2 atom stereocenters. The standard InChI is InChI=1S/C12H14O2/c1-7-3-4-10-8(2)5-9(13)6-11(10)12(7)14/h3,5,10-11H,4,6H2,1-2H3/t10-,11-/m0/s1. The van der Waals surface area contributed by atoms with Crippen LogP contribution in [-0.4, -0.2) is 11.6 Å². The van der Waals surface area contributed by atoms with Gasteiger partial charge in [-0.25, -0.2) is 0 Å². The van der Waals surface area contributed by atoms with E-state index in [0.717, 1.165) is 17.6 Å². The Balaban J connectivity index is 2.37. The molecular formula is C12H14O2. The van der Waals surface area contributed by atoms with Crippen LogP contribution in [0.1, 0.15) is 26.7 Å². The molecule has 0 saturated carbocycles. The van der Waals surface area contributed by atoms with Crippen LogP contribution in [0.25, 0.3) is 0 Å². The highest BCUT2D eigenvalue weighted by Crippen LogP contribution is 2.37. The van der Waals surface area contributed by atoms with E-state index in [1.54, 1.807) is 6.08 Å². The zero-order chi connectivity index (χ0) is 10.3. The first-order valence-electron chi connectivity index (χ1n) is 5.01. The molecule has 0 heterocycles. The maximum Gasteiger partial charge on any atom is 0.162 e. The normalized spacial score (nSPS) is 32.1. The number of allylic oxidation sites excluding steroid dienone is 4. The molecule has 2 nitrogen and oxygen atoms in total. The van der Waals surface area contributed by atoms with Crippen LogP contribution in [0.3, 0.4) is 0 Å². The summed E-state index contributed by atoms with van der Waals surface area (Å²) in [6.45, 7) is 3.80. The lowest BCUT2D eigenvalue weighted by Crippen LogP contribution is -2.33. The molecule has 0 amide bonds. The van der Waals surface area contributed by atoms with Crippen molar-refractivity contribution in [2.45, 2.75) is 26.7 Å². The third kappa shape index (κ3) is 1.35. The minimum atomic E-state index is -0.0718. The molecule has 0 saturated heterocycles. The first-order valence-corrected chi connectivity index (χ1v) is 5.01. The zero-order valence-corrected chi connectivity index (χ0v) is 8.54. The van der Waals surface area contributed by atoms with Crippen molar-refractivity contribution in [2.24, 2.45) is 11.8 Å². The molecular weight excluding hydrogens is 176 g/mol. The summed E-state index contributed by atoms with van der Waals surface area (Å²) in [5, 5.41) is 0. The van der Waals surface area contributed by atoms with Gasteiger partial charge in [-0.1, -0.05) is 11.6 Å². The number of hydrogen-bond acceptors (Lipinski definition) is 2. The molecule has 2 heteroatoms. The van der Waals surface area contributed by atoms with Gasteiger partial charge in [-0.2, -0.15) is 0 Å². The SMILES string of the molecule is CC1=CC[C@H]2C(C)=CC(=O)C[C@@H]2C1=O. The molecule has 0 radical (unpaired) electrons. The summed E-state index contributed by atoms with van der Waals surface area (Å²) >= 11 is 0. The van der Waals surface area contributed by atoms with E-state index in [1.807, 2.05) is 19.9 Å². The van der Waals surface area contributed by atoms with Gasteiger partial charge in [0.2, 0.25) is 0 Å². The van der Waals surface area contributed by atoms with Crippen LogP contribution in [-0.2, 0) is 9.59 Å². The van der Waals surface area contributed by atoms with Crippen LogP contribution in [0.2, 0.25) is 0 Å². The van der Waals surface area contributed by atoms with E-state index in [1.165, 1.54) is 0 Å². The minimum absolute atomic E-state index is 0.0718. The number of carbonyl (C=O) groups is 2. The van der Waals surface area contributed by atoms with E-state index in [4.69, 9.17) is 0 Å². The van der Waals surface area contributed by atoms with Gasteiger partial charge in [0, 0.05) is 12.3 Å². The number of hydrogen-bond donors (Lipinski definition) is 0. The van der Waals surface area contributed by atoms with E-state index in [-0.39, 0.29) is 23.4 Å². The molecule has 0 aromatic heterocycles. The van der Waals surface area contributed by atoms with Crippen LogP contribution in [0, 0.1) is 11.8 Å². The van der Waals surface area contributed by atoms with Crippen molar-refractivity contribution in [3.8, 4) is 0 Å². The van der Waals surface area contributed by atoms with Crippen molar-refractivity contribution in [1.82, 2.24) is 0 Å². The van der Waals surface area contributed by atoms with E-state index >= 15 is 0 Å². The van der Waals surface area contributed by atoms with E-state index < -0.39 is 0 Å². The molecule has 2 aliphatic rings. The van der Waals surface area contributed by atoms with Crippen LogP contribution < -0.4 is 0 Å². The molecule has 0 aromatic rings. The van der Waals surface area contributed by atoms with Crippen LogP contribution >= 0.6 is 0 Å². The van der Waals surface area contributed by atoms with Crippen LogP contribution in [0.5, 0.6) is 0 Å². The summed E-state index contributed by atoms with van der Waals surface area (Å²) in [4.78, 5) is 23.1. The fraction of sp³-hybridized carbons (Fsp3) is 0.500. The summed E-state index contributed by atoms with van der Waals surface area (Å²) in [6, 6.07) is 0. The third-order valence-electron chi connectivity index (χ3n) is 3.28. The van der Waals surface area contributed by atoms with Crippen molar-refractivity contribution in [1.29, 1.82) is 0 Å². The van der Waals surface area contributed by atoms with E-state index in [2.05, 4.69) is 0 Å². The fourth-order valence-corrected chi connectivity index (χ4v) is 2.42. The number of ketones is 2. The number of fused-ring (bicyclic) bond motifs is 1. The molecule has 74 valence electrons. The Bertz CT molecular complexity index is 361. The Morgan fingerprint density at radius 3 is 2.64 bits per heavy atom. The molecule has 0 spiro atoms. The highest BCUT2D eigenvalue weighted by Gasteiger charge is 2.36. The highest BCUT2D eigenvalue weighted by atomic mass is 16.1. The molecule has 2 aliphatic carbocycles. The van der Waals surface area contributed by atoms with Gasteiger partial charge in [0.25, 0.3) is 0 Å². The van der Waals surface area contributed by atoms with Crippen LogP contribution in [0.15, 0.2) is 23.3 Å². The Kier molecular flexibility index (Phi) is 2.14. The molecule has 0 aliphatic heterocycles. The quantitative estimate of drug-likeness (QED) is 0.586. The van der Waals surface area contributed by atoms with Crippen molar-refractivity contribution in [3.63, 3.8) is 0 Å². The topological polar surface area (TPSA) is 34.1 Å². The highest BCUT2D eigenvalue weighted by molar-refractivity contribution is 6.03. The zero-order valence-electron chi connectivity index (χ0n) is 8.54. The average Bonchev–Trinajstić information content (AvgIpc) is 2.12. The van der Waals surface area contributed by atoms with Gasteiger partial charge in [-0.15, -0.1) is 0 Å². The summed E-state index contributed by atoms with van der Waals surface area (Å²) in [5.74, 6) is 0.482. The van der Waals surface area contributed by atoms with Gasteiger partial charge >= 0.3 is 0 Å². The Morgan fingerprint density at radius 2 is 1.93 bits per heavy atom. The smallest absolute Gasteiger partial charge is 0.162 e. The lowest BCUT2D eigenvalue weighted by molar-refractivity contribution is -0.126. The summed E-state index contributed by atoms with van der Waals surface area (Å²) in [5.41, 5.74) is 1.90. The summed E-state index contributed by atoms with van der Waals surface area (Å²) < 4.78 is 0. The number of Topliss-reactive ketones (excluding diaryl/α,β-unsaturated/α-hetero) is 1. The molecule has 0 bridgehead atoms. The van der Waals surface area contributed by atoms with Crippen molar-refractivity contribution >= 4 is 11.6 Å². The second-order valence-electron chi connectivity index (χ2n) is 4.26. The second-order valence-corrected chi connectivity index (χ2v) is 4.26. The lowest BCUT2D eigenvalue weighted by atomic mass is 9.70. The average molecular weight is 190 g/mol. The fourth-order valence-electron chi connectivity index (χ4n) is 2.42. The van der Waals surface area contributed by atoms with E-state index in [0.29, 0.717) is 6.42 Å². The third-order valence-corrected chi connectivity index (χ3v) is 3.28. The maximum atomic E-state index is 11.8. The van der Waals surface area contributed by atoms with Crippen molar-refractivity contribution in [3.05, 3.63) is 23.3 Å². The van der Waals surface area contributed by atoms with Gasteiger partial charge in [0.15, 0.2) is 11.6 Å². The van der Waals surface area contributed by atoms with Crippen molar-refractivity contribution in [2.75, 3.05) is 0 Å². The van der Waals surface area contributed by atoms with Crippen molar-refractivity contribution < 1.29 is 9.59 Å². The molecule has 0 aromatic carbocycles. The van der Waals surface area contributed by atoms with Gasteiger partial charge in [0.1, 0.15) is 0 Å². The number of rotatable bonds is 0. The predicted molar refractivity (Wildman–Crippen MR) is 53.7 cm³/mol. The van der Waals surface area contributed by atoms with E-state index in [9.17, 15) is 9.59 Å². The molecule has 0 N–H and O–H groups in total. The Labute approximate surface area is 83.7 Å². The molecule has 0 fully saturated rings.